The minimum Gasteiger partial charge on any atom is -0.439 e. The van der Waals surface area contributed by atoms with Crippen LogP contribution in [0.3, 0.4) is 0 Å². The molecule has 0 aliphatic heterocycles. The Bertz CT molecular complexity index is 824. The molecule has 3 nitrogen and oxygen atoms in total. The molecule has 96 valence electrons. The molecule has 0 radical (unpaired) electrons. The van der Waals surface area contributed by atoms with Gasteiger partial charge >= 0.3 is 0 Å². The number of hydrogen-bond donors (Lipinski definition) is 0. The van der Waals surface area contributed by atoms with Gasteiger partial charge in [-0.05, 0) is 46.9 Å². The molecule has 4 heteroatoms. The first-order valence-corrected chi connectivity index (χ1v) is 7.07. The van der Waals surface area contributed by atoms with Crippen LogP contribution in [0.25, 0.3) is 10.9 Å². The molecule has 0 atom stereocenters. The third-order valence-electron chi connectivity index (χ3n) is 2.83. The van der Waals surface area contributed by atoms with Gasteiger partial charge in [-0.15, -0.1) is 0 Å². The van der Waals surface area contributed by atoms with Crippen molar-refractivity contribution in [1.29, 1.82) is 5.26 Å². The van der Waals surface area contributed by atoms with E-state index in [1.807, 2.05) is 48.5 Å². The SMILES string of the molecule is N#Cc1cc(Oc2cccc(I)c2)nc2ccccc12. The maximum absolute atomic E-state index is 9.24. The Morgan fingerprint density at radius 1 is 1.05 bits per heavy atom. The third-order valence-corrected chi connectivity index (χ3v) is 3.50. The maximum atomic E-state index is 9.24. The summed E-state index contributed by atoms with van der Waals surface area (Å²) < 4.78 is 6.83. The number of halogens is 1. The van der Waals surface area contributed by atoms with Gasteiger partial charge in [0.15, 0.2) is 0 Å². The fraction of sp³-hybridized carbons (Fsp3) is 0. The van der Waals surface area contributed by atoms with E-state index in [2.05, 4.69) is 33.6 Å². The molecule has 0 fully saturated rings. The van der Waals surface area contributed by atoms with Gasteiger partial charge in [0.05, 0.1) is 11.1 Å². The van der Waals surface area contributed by atoms with Crippen LogP contribution >= 0.6 is 22.6 Å². The molecule has 0 amide bonds. The molecule has 2 aromatic carbocycles. The summed E-state index contributed by atoms with van der Waals surface area (Å²) in [5.74, 6) is 1.14. The van der Waals surface area contributed by atoms with Crippen molar-refractivity contribution in [2.45, 2.75) is 0 Å². The number of nitrogens with zero attached hydrogens (tertiary/aromatic N) is 2. The molecule has 3 aromatic rings. The summed E-state index contributed by atoms with van der Waals surface area (Å²) in [6.07, 6.45) is 0. The standard InChI is InChI=1S/C16H9IN2O/c17-12-4-3-5-13(9-12)20-16-8-11(10-18)14-6-1-2-7-15(14)19-16/h1-9H. The van der Waals surface area contributed by atoms with Crippen molar-refractivity contribution in [2.24, 2.45) is 0 Å². The first-order chi connectivity index (χ1) is 9.76. The third kappa shape index (κ3) is 2.58. The van der Waals surface area contributed by atoms with Crippen LogP contribution in [0.15, 0.2) is 54.6 Å². The second-order valence-electron chi connectivity index (χ2n) is 4.20. The molecule has 0 saturated carbocycles. The largest absolute Gasteiger partial charge is 0.439 e. The van der Waals surface area contributed by atoms with Gasteiger partial charge in [-0.2, -0.15) is 5.26 Å². The van der Waals surface area contributed by atoms with Gasteiger partial charge in [-0.25, -0.2) is 4.98 Å². The highest BCUT2D eigenvalue weighted by Gasteiger charge is 2.07. The van der Waals surface area contributed by atoms with Crippen LogP contribution in [-0.4, -0.2) is 4.98 Å². The molecule has 1 heterocycles. The Kier molecular flexibility index (Phi) is 3.52. The number of para-hydroxylation sites is 1. The summed E-state index contributed by atoms with van der Waals surface area (Å²) in [5, 5.41) is 10.1. The number of hydrogen-bond acceptors (Lipinski definition) is 3. The summed E-state index contributed by atoms with van der Waals surface area (Å²) in [6.45, 7) is 0. The van der Waals surface area contributed by atoms with Crippen LogP contribution < -0.4 is 4.74 Å². The number of ether oxygens (including phenoxy) is 1. The van der Waals surface area contributed by atoms with E-state index >= 15 is 0 Å². The van der Waals surface area contributed by atoms with E-state index in [0.717, 1.165) is 14.5 Å². The average molecular weight is 372 g/mol. The highest BCUT2D eigenvalue weighted by Crippen LogP contribution is 2.26. The highest BCUT2D eigenvalue weighted by molar-refractivity contribution is 14.1. The molecule has 3 rings (SSSR count). The van der Waals surface area contributed by atoms with Crippen molar-refractivity contribution < 1.29 is 4.74 Å². The minimum atomic E-state index is 0.433. The van der Waals surface area contributed by atoms with Gasteiger partial charge in [0.2, 0.25) is 5.88 Å². The van der Waals surface area contributed by atoms with E-state index < -0.39 is 0 Å². The number of benzene rings is 2. The van der Waals surface area contributed by atoms with Crippen molar-refractivity contribution in [3.8, 4) is 17.7 Å². The molecule has 0 saturated heterocycles. The monoisotopic (exact) mass is 372 g/mol. The predicted molar refractivity (Wildman–Crippen MR) is 85.7 cm³/mol. The Morgan fingerprint density at radius 3 is 2.70 bits per heavy atom. The fourth-order valence-electron chi connectivity index (χ4n) is 1.95. The second-order valence-corrected chi connectivity index (χ2v) is 5.44. The van der Waals surface area contributed by atoms with E-state index in [1.54, 1.807) is 6.07 Å². The van der Waals surface area contributed by atoms with Gasteiger partial charge in [0.25, 0.3) is 0 Å². The first-order valence-electron chi connectivity index (χ1n) is 5.99. The van der Waals surface area contributed by atoms with Crippen LogP contribution in [0.5, 0.6) is 11.6 Å². The second kappa shape index (κ2) is 5.47. The molecule has 0 bridgehead atoms. The zero-order valence-electron chi connectivity index (χ0n) is 10.4. The molecule has 0 unspecified atom stereocenters. The fourth-order valence-corrected chi connectivity index (χ4v) is 2.46. The molecule has 1 aromatic heterocycles. The van der Waals surface area contributed by atoms with E-state index in [-0.39, 0.29) is 0 Å². The molecular weight excluding hydrogens is 363 g/mol. The van der Waals surface area contributed by atoms with Crippen LogP contribution in [0.2, 0.25) is 0 Å². The Hall–Kier alpha value is -2.13. The normalized spacial score (nSPS) is 10.2. The molecule has 0 N–H and O–H groups in total. The lowest BCUT2D eigenvalue weighted by Gasteiger charge is -2.07. The van der Waals surface area contributed by atoms with Crippen molar-refractivity contribution in [1.82, 2.24) is 4.98 Å². The van der Waals surface area contributed by atoms with Crippen molar-refractivity contribution in [3.05, 3.63) is 63.7 Å². The zero-order valence-corrected chi connectivity index (χ0v) is 12.5. The quantitative estimate of drug-likeness (QED) is 0.622. The number of aromatic nitrogens is 1. The van der Waals surface area contributed by atoms with E-state index in [9.17, 15) is 5.26 Å². The summed E-state index contributed by atoms with van der Waals surface area (Å²) in [7, 11) is 0. The van der Waals surface area contributed by atoms with E-state index in [1.165, 1.54) is 0 Å². The zero-order chi connectivity index (χ0) is 13.9. The van der Waals surface area contributed by atoms with Gasteiger partial charge in [-0.1, -0.05) is 24.3 Å². The van der Waals surface area contributed by atoms with Gasteiger partial charge in [0.1, 0.15) is 11.8 Å². The van der Waals surface area contributed by atoms with Crippen molar-refractivity contribution >= 4 is 33.5 Å². The van der Waals surface area contributed by atoms with Gasteiger partial charge < -0.3 is 4.74 Å². The van der Waals surface area contributed by atoms with E-state index in [0.29, 0.717) is 17.2 Å². The summed E-state index contributed by atoms with van der Waals surface area (Å²) >= 11 is 2.22. The number of fused-ring (bicyclic) bond motifs is 1. The Labute approximate surface area is 130 Å². The van der Waals surface area contributed by atoms with Gasteiger partial charge in [0, 0.05) is 15.0 Å². The van der Waals surface area contributed by atoms with Crippen LogP contribution in [0.1, 0.15) is 5.56 Å². The highest BCUT2D eigenvalue weighted by atomic mass is 127. The summed E-state index contributed by atoms with van der Waals surface area (Å²) in [4.78, 5) is 4.43. The molecule has 0 aliphatic carbocycles. The van der Waals surface area contributed by atoms with Crippen LogP contribution in [-0.2, 0) is 0 Å². The molecule has 0 spiro atoms. The van der Waals surface area contributed by atoms with E-state index in [4.69, 9.17) is 4.74 Å². The van der Waals surface area contributed by atoms with Crippen LogP contribution in [0, 0.1) is 14.9 Å². The molecule has 20 heavy (non-hydrogen) atoms. The number of nitriles is 1. The topological polar surface area (TPSA) is 45.9 Å². The number of pyridine rings is 1. The summed E-state index contributed by atoms with van der Waals surface area (Å²) in [6, 6.07) is 19.1. The van der Waals surface area contributed by atoms with Gasteiger partial charge in [-0.3, -0.25) is 0 Å². The maximum Gasteiger partial charge on any atom is 0.221 e. The van der Waals surface area contributed by atoms with Crippen molar-refractivity contribution in [2.75, 3.05) is 0 Å². The Morgan fingerprint density at radius 2 is 1.90 bits per heavy atom. The molecule has 0 aliphatic rings. The Balaban J connectivity index is 2.06. The number of rotatable bonds is 2. The first kappa shape index (κ1) is 12.9. The lowest BCUT2D eigenvalue weighted by molar-refractivity contribution is 0.464. The lowest BCUT2D eigenvalue weighted by atomic mass is 10.1. The minimum absolute atomic E-state index is 0.433. The van der Waals surface area contributed by atoms with Crippen molar-refractivity contribution in [3.63, 3.8) is 0 Å². The lowest BCUT2D eigenvalue weighted by Crippen LogP contribution is -1.91. The average Bonchev–Trinajstić information content (AvgIpc) is 2.46. The smallest absolute Gasteiger partial charge is 0.221 e. The summed E-state index contributed by atoms with van der Waals surface area (Å²) in [5.41, 5.74) is 1.32. The predicted octanol–water partition coefficient (Wildman–Crippen LogP) is 4.50. The molecular formula is C16H9IN2O. The van der Waals surface area contributed by atoms with Crippen LogP contribution in [0.4, 0.5) is 0 Å².